The summed E-state index contributed by atoms with van der Waals surface area (Å²) >= 11 is 5.50. The van der Waals surface area contributed by atoms with Crippen molar-refractivity contribution in [3.8, 4) is 0 Å². The molecule has 0 aromatic heterocycles. The van der Waals surface area contributed by atoms with E-state index in [0.717, 1.165) is 19.3 Å². The molecule has 3 aliphatic rings. The van der Waals surface area contributed by atoms with Gasteiger partial charge in [0.05, 0.1) is 5.60 Å². The van der Waals surface area contributed by atoms with E-state index in [0.29, 0.717) is 11.0 Å². The molecule has 102 valence electrons. The summed E-state index contributed by atoms with van der Waals surface area (Å²) in [6.45, 7) is 0. The summed E-state index contributed by atoms with van der Waals surface area (Å²) in [5.74, 6) is 0. The summed E-state index contributed by atoms with van der Waals surface area (Å²) in [7, 11) is 1.85. The van der Waals surface area contributed by atoms with E-state index in [4.69, 9.17) is 16.3 Å². The number of halogens is 1. The van der Waals surface area contributed by atoms with Gasteiger partial charge in [-0.15, -0.1) is 0 Å². The van der Waals surface area contributed by atoms with Crippen LogP contribution in [0.3, 0.4) is 0 Å². The van der Waals surface area contributed by atoms with Crippen LogP contribution in [0, 0.1) is 0 Å². The van der Waals surface area contributed by atoms with Crippen molar-refractivity contribution in [2.45, 2.75) is 49.5 Å². The molecule has 0 atom stereocenters. The fourth-order valence-corrected chi connectivity index (χ4v) is 3.97. The second kappa shape index (κ2) is 4.60. The SMILES string of the molecule is COC12CCC(c3ccc(C(=O)Cl)cc3)(CC1)CC2. The van der Waals surface area contributed by atoms with Crippen molar-refractivity contribution in [1.82, 2.24) is 0 Å². The quantitative estimate of drug-likeness (QED) is 0.780. The van der Waals surface area contributed by atoms with Crippen molar-refractivity contribution in [3.63, 3.8) is 0 Å². The number of fused-ring (bicyclic) bond motifs is 3. The summed E-state index contributed by atoms with van der Waals surface area (Å²) < 4.78 is 5.74. The van der Waals surface area contributed by atoms with Gasteiger partial charge in [-0.25, -0.2) is 0 Å². The van der Waals surface area contributed by atoms with E-state index in [1.54, 1.807) is 0 Å². The van der Waals surface area contributed by atoms with Gasteiger partial charge >= 0.3 is 0 Å². The minimum atomic E-state index is -0.380. The average Bonchev–Trinajstić information content (AvgIpc) is 2.49. The molecule has 2 nitrogen and oxygen atoms in total. The Balaban J connectivity index is 1.85. The van der Waals surface area contributed by atoms with E-state index in [1.165, 1.54) is 24.8 Å². The largest absolute Gasteiger partial charge is 0.378 e. The van der Waals surface area contributed by atoms with Crippen LogP contribution in [0.25, 0.3) is 0 Å². The van der Waals surface area contributed by atoms with Gasteiger partial charge < -0.3 is 4.74 Å². The Morgan fingerprint density at radius 3 is 2.00 bits per heavy atom. The molecular weight excluding hydrogens is 260 g/mol. The standard InChI is InChI=1S/C16H19ClO2/c1-19-16-9-6-15(7-10-16,8-11-16)13-4-2-12(3-5-13)14(17)18/h2-5H,6-11H2,1H3. The summed E-state index contributed by atoms with van der Waals surface area (Å²) in [5, 5.41) is -0.380. The molecule has 0 aliphatic heterocycles. The van der Waals surface area contributed by atoms with Gasteiger partial charge in [-0.3, -0.25) is 4.79 Å². The minimum absolute atomic E-state index is 0.147. The maximum Gasteiger partial charge on any atom is 0.252 e. The van der Waals surface area contributed by atoms with Crippen LogP contribution < -0.4 is 0 Å². The molecule has 0 spiro atoms. The van der Waals surface area contributed by atoms with Crippen molar-refractivity contribution in [1.29, 1.82) is 0 Å². The number of carbonyl (C=O) groups is 1. The van der Waals surface area contributed by atoms with Crippen LogP contribution in [-0.2, 0) is 10.2 Å². The fraction of sp³-hybridized carbons (Fsp3) is 0.562. The van der Waals surface area contributed by atoms with Crippen LogP contribution >= 0.6 is 11.6 Å². The number of ether oxygens (including phenoxy) is 1. The van der Waals surface area contributed by atoms with Gasteiger partial charge in [0, 0.05) is 12.7 Å². The number of hydrogen-bond acceptors (Lipinski definition) is 2. The zero-order chi connectivity index (χ0) is 13.5. The molecule has 0 amide bonds. The fourth-order valence-electron chi connectivity index (χ4n) is 3.85. The zero-order valence-corrected chi connectivity index (χ0v) is 12.0. The number of carbonyl (C=O) groups excluding carboxylic acids is 1. The van der Waals surface area contributed by atoms with Crippen LogP contribution in [0.2, 0.25) is 0 Å². The zero-order valence-electron chi connectivity index (χ0n) is 11.2. The van der Waals surface area contributed by atoms with E-state index in [-0.39, 0.29) is 10.8 Å². The Morgan fingerprint density at radius 1 is 1.05 bits per heavy atom. The monoisotopic (exact) mass is 278 g/mol. The molecule has 0 unspecified atom stereocenters. The molecule has 3 saturated carbocycles. The number of rotatable bonds is 3. The summed E-state index contributed by atoms with van der Waals surface area (Å²) in [6, 6.07) is 7.87. The smallest absolute Gasteiger partial charge is 0.252 e. The maximum atomic E-state index is 11.1. The predicted octanol–water partition coefficient (Wildman–Crippen LogP) is 4.06. The molecule has 1 aromatic carbocycles. The topological polar surface area (TPSA) is 26.3 Å². The van der Waals surface area contributed by atoms with Gasteiger partial charge in [0.15, 0.2) is 0 Å². The first-order chi connectivity index (χ1) is 9.09. The van der Waals surface area contributed by atoms with Crippen LogP contribution in [0.1, 0.15) is 54.4 Å². The van der Waals surface area contributed by atoms with Crippen LogP contribution in [-0.4, -0.2) is 18.0 Å². The lowest BCUT2D eigenvalue weighted by molar-refractivity contribution is -0.0955. The Hall–Kier alpha value is -0.860. The molecule has 0 saturated heterocycles. The van der Waals surface area contributed by atoms with E-state index in [9.17, 15) is 4.79 Å². The normalized spacial score (nSPS) is 33.4. The van der Waals surface area contributed by atoms with Crippen molar-refractivity contribution in [3.05, 3.63) is 35.4 Å². The van der Waals surface area contributed by atoms with E-state index in [2.05, 4.69) is 12.1 Å². The second-order valence-electron chi connectivity index (χ2n) is 6.02. The molecule has 3 fully saturated rings. The lowest BCUT2D eigenvalue weighted by Crippen LogP contribution is -2.49. The minimum Gasteiger partial charge on any atom is -0.378 e. The van der Waals surface area contributed by atoms with Crippen LogP contribution in [0.5, 0.6) is 0 Å². The molecule has 4 rings (SSSR count). The highest BCUT2D eigenvalue weighted by Gasteiger charge is 2.49. The lowest BCUT2D eigenvalue weighted by Gasteiger charge is -2.53. The Bertz CT molecular complexity index is 467. The average molecular weight is 279 g/mol. The third-order valence-corrected chi connectivity index (χ3v) is 5.55. The molecule has 19 heavy (non-hydrogen) atoms. The summed E-state index contributed by atoms with van der Waals surface area (Å²) in [5.41, 5.74) is 2.39. The molecule has 0 heterocycles. The first kappa shape index (κ1) is 13.1. The van der Waals surface area contributed by atoms with Gasteiger partial charge in [-0.05, 0) is 73.2 Å². The number of benzene rings is 1. The van der Waals surface area contributed by atoms with Crippen molar-refractivity contribution < 1.29 is 9.53 Å². The molecule has 3 aliphatic carbocycles. The predicted molar refractivity (Wildman–Crippen MR) is 75.7 cm³/mol. The highest BCUT2D eigenvalue weighted by molar-refractivity contribution is 6.67. The first-order valence-corrected chi connectivity index (χ1v) is 7.33. The summed E-state index contributed by atoms with van der Waals surface area (Å²) in [4.78, 5) is 11.1. The third-order valence-electron chi connectivity index (χ3n) is 5.33. The van der Waals surface area contributed by atoms with Gasteiger partial charge in [-0.2, -0.15) is 0 Å². The molecule has 0 radical (unpaired) electrons. The Labute approximate surface area is 119 Å². The van der Waals surface area contributed by atoms with E-state index >= 15 is 0 Å². The highest BCUT2D eigenvalue weighted by Crippen LogP contribution is 2.54. The lowest BCUT2D eigenvalue weighted by atomic mass is 9.56. The highest BCUT2D eigenvalue weighted by atomic mass is 35.5. The van der Waals surface area contributed by atoms with Gasteiger partial charge in [0.2, 0.25) is 0 Å². The number of methoxy groups -OCH3 is 1. The molecular formula is C16H19ClO2. The van der Waals surface area contributed by atoms with E-state index < -0.39 is 0 Å². The first-order valence-electron chi connectivity index (χ1n) is 6.95. The molecule has 3 heteroatoms. The molecule has 0 N–H and O–H groups in total. The van der Waals surface area contributed by atoms with Crippen LogP contribution in [0.4, 0.5) is 0 Å². The maximum absolute atomic E-state index is 11.1. The van der Waals surface area contributed by atoms with Crippen molar-refractivity contribution >= 4 is 16.8 Å². The van der Waals surface area contributed by atoms with Crippen LogP contribution in [0.15, 0.2) is 24.3 Å². The van der Waals surface area contributed by atoms with Crippen molar-refractivity contribution in [2.75, 3.05) is 7.11 Å². The van der Waals surface area contributed by atoms with Crippen molar-refractivity contribution in [2.24, 2.45) is 0 Å². The molecule has 1 aromatic rings. The summed E-state index contributed by atoms with van der Waals surface area (Å²) in [6.07, 6.45) is 7.03. The number of hydrogen-bond donors (Lipinski definition) is 0. The van der Waals surface area contributed by atoms with E-state index in [1.807, 2.05) is 19.2 Å². The van der Waals surface area contributed by atoms with Gasteiger partial charge in [-0.1, -0.05) is 12.1 Å². The Morgan fingerprint density at radius 2 is 1.58 bits per heavy atom. The second-order valence-corrected chi connectivity index (χ2v) is 6.36. The third kappa shape index (κ3) is 2.11. The van der Waals surface area contributed by atoms with Gasteiger partial charge in [0.1, 0.15) is 0 Å². The Kier molecular flexibility index (Phi) is 3.18. The molecule has 2 bridgehead atoms. The van der Waals surface area contributed by atoms with Gasteiger partial charge in [0.25, 0.3) is 5.24 Å².